The van der Waals surface area contributed by atoms with Crippen molar-refractivity contribution >= 4 is 17.5 Å². The minimum absolute atomic E-state index is 0.0333. The molecule has 0 aliphatic heterocycles. The quantitative estimate of drug-likeness (QED) is 0.650. The predicted molar refractivity (Wildman–Crippen MR) is 75.7 cm³/mol. The Hall–Kier alpha value is -1.92. The van der Waals surface area contributed by atoms with Crippen molar-refractivity contribution in [2.75, 3.05) is 24.3 Å². The van der Waals surface area contributed by atoms with Gasteiger partial charge in [0.2, 0.25) is 11.8 Å². The largest absolute Gasteiger partial charge is 0.357 e. The van der Waals surface area contributed by atoms with E-state index in [-0.39, 0.29) is 11.7 Å². The lowest BCUT2D eigenvalue weighted by atomic mass is 10.1. The van der Waals surface area contributed by atoms with E-state index in [1.165, 1.54) is 0 Å². The third kappa shape index (κ3) is 3.10. The Morgan fingerprint density at radius 1 is 1.32 bits per heavy atom. The van der Waals surface area contributed by atoms with E-state index < -0.39 is 4.92 Å². The summed E-state index contributed by atoms with van der Waals surface area (Å²) >= 11 is 0. The molecule has 7 nitrogen and oxygen atoms in total. The van der Waals surface area contributed by atoms with Gasteiger partial charge in [-0.1, -0.05) is 13.8 Å². The Balaban J connectivity index is 3.38. The lowest BCUT2D eigenvalue weighted by Gasteiger charge is -2.28. The summed E-state index contributed by atoms with van der Waals surface area (Å²) in [6, 6.07) is 0.137. The van der Waals surface area contributed by atoms with Crippen molar-refractivity contribution in [2.45, 2.75) is 33.7 Å². The number of rotatable bonds is 5. The zero-order valence-electron chi connectivity index (χ0n) is 12.3. The highest BCUT2D eigenvalue weighted by atomic mass is 16.6. The fourth-order valence-corrected chi connectivity index (χ4v) is 1.76. The van der Waals surface area contributed by atoms with Gasteiger partial charge in [0.05, 0.1) is 4.92 Å². The summed E-state index contributed by atoms with van der Waals surface area (Å²) in [6.07, 6.45) is 0. The highest BCUT2D eigenvalue weighted by Crippen LogP contribution is 2.31. The van der Waals surface area contributed by atoms with Gasteiger partial charge in [-0.3, -0.25) is 10.1 Å². The molecule has 106 valence electrons. The van der Waals surface area contributed by atoms with E-state index in [4.69, 9.17) is 0 Å². The fourth-order valence-electron chi connectivity index (χ4n) is 1.76. The summed E-state index contributed by atoms with van der Waals surface area (Å²) in [4.78, 5) is 20.9. The van der Waals surface area contributed by atoms with Gasteiger partial charge in [0.25, 0.3) is 0 Å². The average molecular weight is 267 g/mol. The fraction of sp³-hybridized carbons (Fsp3) is 0.667. The van der Waals surface area contributed by atoms with Crippen LogP contribution in [-0.4, -0.2) is 35.0 Å². The molecule has 0 saturated carbocycles. The first kappa shape index (κ1) is 15.1. The van der Waals surface area contributed by atoms with E-state index in [2.05, 4.69) is 29.1 Å². The van der Waals surface area contributed by atoms with Crippen LogP contribution in [0.4, 0.5) is 17.5 Å². The number of aryl methyl sites for hydroxylation is 1. The number of nitrogens with zero attached hydrogens (tertiary/aromatic N) is 4. The van der Waals surface area contributed by atoms with Crippen LogP contribution in [-0.2, 0) is 0 Å². The maximum Gasteiger partial charge on any atom is 0.332 e. The number of nitrogens with one attached hydrogen (secondary N) is 1. The molecule has 7 heteroatoms. The Bertz CT molecular complexity index is 475. The molecule has 0 spiro atoms. The molecule has 0 aromatic carbocycles. The second kappa shape index (κ2) is 5.81. The smallest absolute Gasteiger partial charge is 0.332 e. The van der Waals surface area contributed by atoms with Crippen LogP contribution in [0.5, 0.6) is 0 Å². The lowest BCUT2D eigenvalue weighted by Crippen LogP contribution is -2.34. The van der Waals surface area contributed by atoms with Gasteiger partial charge in [-0.25, -0.2) is 4.98 Å². The van der Waals surface area contributed by atoms with Gasteiger partial charge in [-0.05, 0) is 19.8 Å². The molecule has 1 heterocycles. The third-order valence-electron chi connectivity index (χ3n) is 3.36. The van der Waals surface area contributed by atoms with Crippen LogP contribution in [0.3, 0.4) is 0 Å². The van der Waals surface area contributed by atoms with Crippen LogP contribution >= 0.6 is 0 Å². The van der Waals surface area contributed by atoms with Crippen LogP contribution in [0.1, 0.15) is 26.5 Å². The number of hydrogen-bond donors (Lipinski definition) is 1. The molecule has 1 rings (SSSR count). The van der Waals surface area contributed by atoms with Gasteiger partial charge in [0.15, 0.2) is 0 Å². The highest BCUT2D eigenvalue weighted by molar-refractivity contribution is 5.62. The van der Waals surface area contributed by atoms with Crippen molar-refractivity contribution in [3.63, 3.8) is 0 Å². The summed E-state index contributed by atoms with van der Waals surface area (Å²) in [6.45, 7) is 7.78. The maximum atomic E-state index is 11.2. The SMILES string of the molecule is CNc1nc(C)c([N+](=O)[O-])c(N(C)C(C)C(C)C)n1. The van der Waals surface area contributed by atoms with E-state index in [1.807, 2.05) is 18.9 Å². The molecule has 1 aromatic heterocycles. The zero-order valence-corrected chi connectivity index (χ0v) is 12.3. The number of aromatic nitrogens is 2. The molecular weight excluding hydrogens is 246 g/mol. The first-order chi connectivity index (χ1) is 8.79. The second-order valence-corrected chi connectivity index (χ2v) is 4.91. The van der Waals surface area contributed by atoms with E-state index in [9.17, 15) is 10.1 Å². The van der Waals surface area contributed by atoms with Crippen LogP contribution in [0.25, 0.3) is 0 Å². The van der Waals surface area contributed by atoms with E-state index >= 15 is 0 Å². The molecule has 19 heavy (non-hydrogen) atoms. The predicted octanol–water partition coefficient (Wildman–Crippen LogP) is 2.22. The Kier molecular flexibility index (Phi) is 4.63. The lowest BCUT2D eigenvalue weighted by molar-refractivity contribution is -0.385. The average Bonchev–Trinajstić information content (AvgIpc) is 2.35. The monoisotopic (exact) mass is 267 g/mol. The maximum absolute atomic E-state index is 11.2. The summed E-state index contributed by atoms with van der Waals surface area (Å²) < 4.78 is 0. The molecule has 0 saturated heterocycles. The zero-order chi connectivity index (χ0) is 14.7. The minimum Gasteiger partial charge on any atom is -0.357 e. The Labute approximate surface area is 113 Å². The molecule has 1 atom stereocenters. The van der Waals surface area contributed by atoms with Gasteiger partial charge in [-0.15, -0.1) is 0 Å². The van der Waals surface area contributed by atoms with Crippen LogP contribution < -0.4 is 10.2 Å². The van der Waals surface area contributed by atoms with Crippen molar-refractivity contribution in [3.8, 4) is 0 Å². The molecule has 0 amide bonds. The third-order valence-corrected chi connectivity index (χ3v) is 3.36. The first-order valence-electron chi connectivity index (χ1n) is 6.23. The van der Waals surface area contributed by atoms with Gasteiger partial charge in [0, 0.05) is 20.1 Å². The molecule has 0 radical (unpaired) electrons. The number of nitro groups is 1. The van der Waals surface area contributed by atoms with Gasteiger partial charge >= 0.3 is 5.69 Å². The summed E-state index contributed by atoms with van der Waals surface area (Å²) in [5.74, 6) is 1.10. The molecule has 0 bridgehead atoms. The van der Waals surface area contributed by atoms with Gasteiger partial charge in [-0.2, -0.15) is 4.98 Å². The van der Waals surface area contributed by atoms with Crippen molar-refractivity contribution in [3.05, 3.63) is 15.8 Å². The highest BCUT2D eigenvalue weighted by Gasteiger charge is 2.27. The van der Waals surface area contributed by atoms with Gasteiger partial charge in [0.1, 0.15) is 5.69 Å². The van der Waals surface area contributed by atoms with Crippen molar-refractivity contribution in [1.29, 1.82) is 0 Å². The normalized spacial score (nSPS) is 12.4. The van der Waals surface area contributed by atoms with Crippen molar-refractivity contribution < 1.29 is 4.92 Å². The summed E-state index contributed by atoms with van der Waals surface area (Å²) in [5, 5.41) is 14.0. The molecule has 1 aromatic rings. The van der Waals surface area contributed by atoms with Crippen LogP contribution in [0.2, 0.25) is 0 Å². The van der Waals surface area contributed by atoms with E-state index in [0.29, 0.717) is 23.4 Å². The summed E-state index contributed by atoms with van der Waals surface area (Å²) in [5.41, 5.74) is 0.330. The van der Waals surface area contributed by atoms with Crippen molar-refractivity contribution in [2.24, 2.45) is 5.92 Å². The molecular formula is C12H21N5O2. The summed E-state index contributed by atoms with van der Waals surface area (Å²) in [7, 11) is 3.51. The number of anilines is 2. The molecule has 1 N–H and O–H groups in total. The Morgan fingerprint density at radius 2 is 1.89 bits per heavy atom. The first-order valence-corrected chi connectivity index (χ1v) is 6.23. The topological polar surface area (TPSA) is 84.2 Å². The Morgan fingerprint density at radius 3 is 2.32 bits per heavy atom. The van der Waals surface area contributed by atoms with Gasteiger partial charge < -0.3 is 10.2 Å². The second-order valence-electron chi connectivity index (χ2n) is 4.91. The molecule has 0 aliphatic rings. The standard InChI is InChI=1S/C12H21N5O2/c1-7(2)9(4)16(6)11-10(17(18)19)8(3)14-12(13-5)15-11/h7,9H,1-6H3,(H,13,14,15). The van der Waals surface area contributed by atoms with Crippen LogP contribution in [0.15, 0.2) is 0 Å². The van der Waals surface area contributed by atoms with E-state index in [0.717, 1.165) is 0 Å². The molecule has 0 fully saturated rings. The molecule has 0 aliphatic carbocycles. The number of hydrogen-bond acceptors (Lipinski definition) is 6. The van der Waals surface area contributed by atoms with E-state index in [1.54, 1.807) is 14.0 Å². The molecule has 1 unspecified atom stereocenters. The van der Waals surface area contributed by atoms with Crippen molar-refractivity contribution in [1.82, 2.24) is 9.97 Å². The van der Waals surface area contributed by atoms with Crippen LogP contribution in [0, 0.1) is 23.0 Å². The minimum atomic E-state index is -0.423.